The number of aliphatic imine (C=N–C) groups is 1. The molecule has 7 heterocycles. The number of amides is 1. The predicted molar refractivity (Wildman–Crippen MR) is 295 cm³/mol. The topological polar surface area (TPSA) is 206 Å². The molecule has 0 radical (unpaired) electrons. The van der Waals surface area contributed by atoms with Gasteiger partial charge in [0, 0.05) is 67.0 Å². The zero-order chi connectivity index (χ0) is 54.2. The fourth-order valence-electron chi connectivity index (χ4n) is 14.8. The minimum atomic E-state index is -1.14. The molecule has 0 aromatic heterocycles. The summed E-state index contributed by atoms with van der Waals surface area (Å²) in [6.45, 7) is 20.6. The second kappa shape index (κ2) is 25.3. The van der Waals surface area contributed by atoms with Gasteiger partial charge in [0.1, 0.15) is 30.3 Å². The molecule has 9 rings (SSSR count). The molecule has 0 aromatic rings. The van der Waals surface area contributed by atoms with Crippen LogP contribution in [-0.2, 0) is 18.9 Å². The number of likely N-dealkylation sites (tertiary alicyclic amines) is 1. The molecule has 0 spiro atoms. The zero-order valence-electron chi connectivity index (χ0n) is 47.3. The highest BCUT2D eigenvalue weighted by Crippen LogP contribution is 2.55. The van der Waals surface area contributed by atoms with Crippen molar-refractivity contribution in [1.82, 2.24) is 41.7 Å². The normalized spacial score (nSPS) is 37.4. The van der Waals surface area contributed by atoms with E-state index in [0.717, 1.165) is 76.6 Å². The Morgan fingerprint density at radius 2 is 1.86 bits per heavy atom. The standard InChI is InChI=1S/C57H96FN9O8S/c1-30(2)45-17-18-46(76-45)54-67-41-16-15-34(39-28-60-50(62-39)33(6)32(5)13-11-20-59-52(68)48(31(3)4)64-55(70)72-9)23-37(41)25-43(67)47-38(58)24-36(26-44(47)75-54)40-29-61-51(63-40)42-14-12-21-66(42)53(69)49(65-56(71)73-10)35-19-22-74-57(7,8)27-35/h15,18,24,30-33,35-37,39-45,47-49,51-55,59,61,63-64,68-70H,11-14,16-17,19-23,25-29H2,1-10H3,(H,60,62)(H,65,71)/t32-,33?,35?,36+,37-,39-,40+,41-,42-,43?,44?,45+,47+,48-,49?,51+,52+,53?,54?,55+/m0/s1. The van der Waals surface area contributed by atoms with Gasteiger partial charge in [-0.2, -0.15) is 0 Å². The summed E-state index contributed by atoms with van der Waals surface area (Å²) in [6, 6.07) is -0.398. The average Bonchev–Trinajstić information content (AvgIpc) is 4.31. The lowest BCUT2D eigenvalue weighted by atomic mass is 9.75. The van der Waals surface area contributed by atoms with Crippen LogP contribution in [0.3, 0.4) is 0 Å². The summed E-state index contributed by atoms with van der Waals surface area (Å²) in [5.74, 6) is 2.37. The smallest absolute Gasteiger partial charge is 0.407 e. The lowest BCUT2D eigenvalue weighted by Crippen LogP contribution is -2.61. The number of alkyl carbamates (subject to hydrolysis) is 1. The van der Waals surface area contributed by atoms with Gasteiger partial charge in [0.05, 0.1) is 55.6 Å². The van der Waals surface area contributed by atoms with Gasteiger partial charge in [0.15, 0.2) is 0 Å². The Labute approximate surface area is 457 Å². The monoisotopic (exact) mass is 1090 g/mol. The molecule has 9 N–H and O–H groups in total. The number of allylic oxidation sites excluding steroid dienone is 1. The molecule has 0 aromatic carbocycles. The number of carbonyl (C=O) groups excluding carboxylic acids is 1. The van der Waals surface area contributed by atoms with E-state index in [1.807, 2.05) is 31.7 Å². The first-order valence-corrected chi connectivity index (χ1v) is 30.2. The average molecular weight is 1090 g/mol. The molecule has 5 saturated heterocycles. The first kappa shape index (κ1) is 58.4. The Balaban J connectivity index is 0.826. The van der Waals surface area contributed by atoms with Crippen LogP contribution in [0.5, 0.6) is 0 Å². The van der Waals surface area contributed by atoms with Crippen molar-refractivity contribution in [2.24, 2.45) is 52.3 Å². The number of halogens is 1. The van der Waals surface area contributed by atoms with Crippen molar-refractivity contribution in [1.29, 1.82) is 0 Å². The number of hydrogen-bond acceptors (Lipinski definition) is 17. The minimum absolute atomic E-state index is 0.00359. The van der Waals surface area contributed by atoms with Crippen LogP contribution in [0, 0.1) is 47.3 Å². The molecule has 5 fully saturated rings. The van der Waals surface area contributed by atoms with Crippen molar-refractivity contribution in [2.45, 2.75) is 217 Å². The summed E-state index contributed by atoms with van der Waals surface area (Å²) in [5, 5.41) is 54.1. The number of hydrogen-bond donors (Lipinski definition) is 9. The summed E-state index contributed by atoms with van der Waals surface area (Å²) in [6.07, 6.45) is 12.6. The maximum Gasteiger partial charge on any atom is 0.407 e. The number of rotatable bonds is 21. The fourth-order valence-corrected chi connectivity index (χ4v) is 16.1. The Morgan fingerprint density at radius 3 is 2.58 bits per heavy atom. The third-order valence-electron chi connectivity index (χ3n) is 19.3. The third-order valence-corrected chi connectivity index (χ3v) is 20.9. The van der Waals surface area contributed by atoms with Crippen LogP contribution in [0.15, 0.2) is 39.5 Å². The first-order chi connectivity index (χ1) is 36.3. The van der Waals surface area contributed by atoms with E-state index >= 15 is 4.39 Å². The Bertz CT molecular complexity index is 2100. The Kier molecular flexibility index (Phi) is 19.4. The van der Waals surface area contributed by atoms with Gasteiger partial charge in [-0.1, -0.05) is 53.7 Å². The number of amidine groups is 1. The molecule has 19 heteroatoms. The number of aliphatic hydroxyl groups is 3. The Morgan fingerprint density at radius 1 is 1.05 bits per heavy atom. The summed E-state index contributed by atoms with van der Waals surface area (Å²) in [5.41, 5.74) is 1.07. The molecular formula is C57H96FN9O8S. The Hall–Kier alpha value is -2.24. The maximum atomic E-state index is 17.3. The SMILES string of the molecule is COC(=O)NC(C1CCOC(C)(C)C1)C(O)N1CCC[C@H]1[C@@H]1NC[C@H]([C@@H]2C=C(F)[C@H]3C(C2)OC(C2=CC[C@H](C(C)C)S2)N2C3C[C@@H]3CC([C@@H]4CN=C(C(C)[C@@H](C)CCCN[C@H](O)[C@@H](N[C@H](O)OC)C(C)C)N4)=CC[C@@H]32)N1. The van der Waals surface area contributed by atoms with E-state index in [1.54, 1.807) is 0 Å². The van der Waals surface area contributed by atoms with E-state index in [1.165, 1.54) is 24.7 Å². The number of nitrogens with zero attached hydrogens (tertiary/aromatic N) is 3. The zero-order valence-corrected chi connectivity index (χ0v) is 48.1. The molecular weight excluding hydrogens is 990 g/mol. The highest BCUT2D eigenvalue weighted by molar-refractivity contribution is 8.04. The molecule has 17 nitrogen and oxygen atoms in total. The molecule has 9 aliphatic rings. The summed E-state index contributed by atoms with van der Waals surface area (Å²) >= 11 is 1.98. The van der Waals surface area contributed by atoms with Gasteiger partial charge in [0.2, 0.25) is 6.41 Å². The molecule has 0 bridgehead atoms. The molecule has 1 amide bonds. The van der Waals surface area contributed by atoms with Crippen LogP contribution >= 0.6 is 11.8 Å². The van der Waals surface area contributed by atoms with Gasteiger partial charge in [0.25, 0.3) is 0 Å². The number of thioether (sulfide) groups is 1. The number of aliphatic hydroxyl groups excluding tert-OH is 3. The van der Waals surface area contributed by atoms with Crippen LogP contribution in [0.2, 0.25) is 0 Å². The van der Waals surface area contributed by atoms with Gasteiger partial charge in [-0.15, -0.1) is 11.8 Å². The van der Waals surface area contributed by atoms with Crippen LogP contribution in [0.4, 0.5) is 9.18 Å². The number of ether oxygens (including phenoxy) is 4. The lowest BCUT2D eigenvalue weighted by molar-refractivity contribution is -0.176. The van der Waals surface area contributed by atoms with E-state index in [4.69, 9.17) is 23.9 Å². The fraction of sp³-hybridized carbons (Fsp3) is 0.860. The van der Waals surface area contributed by atoms with Gasteiger partial charge < -0.3 is 44.9 Å². The quantitative estimate of drug-likeness (QED) is 0.0396. The predicted octanol–water partition coefficient (Wildman–Crippen LogP) is 5.49. The van der Waals surface area contributed by atoms with Crippen molar-refractivity contribution in [3.05, 3.63) is 34.5 Å². The summed E-state index contributed by atoms with van der Waals surface area (Å²) in [7, 11) is 2.78. The van der Waals surface area contributed by atoms with Crippen LogP contribution in [0.1, 0.15) is 126 Å². The van der Waals surface area contributed by atoms with Crippen molar-refractivity contribution >= 4 is 23.7 Å². The molecule has 76 heavy (non-hydrogen) atoms. The van der Waals surface area contributed by atoms with Gasteiger partial charge in [-0.3, -0.25) is 36.1 Å². The second-order valence-electron chi connectivity index (χ2n) is 25.3. The third kappa shape index (κ3) is 12.9. The van der Waals surface area contributed by atoms with Gasteiger partial charge in [-0.25, -0.2) is 9.18 Å². The van der Waals surface area contributed by atoms with Crippen LogP contribution in [0.25, 0.3) is 0 Å². The highest BCUT2D eigenvalue weighted by Gasteiger charge is 2.58. The molecule has 2 aliphatic carbocycles. The highest BCUT2D eigenvalue weighted by atomic mass is 32.2. The number of carbonyl (C=O) groups is 1. The molecule has 7 unspecified atom stereocenters. The molecule has 20 atom stereocenters. The lowest BCUT2D eigenvalue weighted by Gasteiger charge is -2.51. The number of methoxy groups -OCH3 is 2. The van der Waals surface area contributed by atoms with E-state index in [0.29, 0.717) is 55.7 Å². The van der Waals surface area contributed by atoms with Gasteiger partial charge in [-0.05, 0) is 138 Å². The van der Waals surface area contributed by atoms with E-state index in [-0.39, 0.29) is 95.8 Å². The number of fused-ring (bicyclic) bond motifs is 5. The maximum absolute atomic E-state index is 17.3. The van der Waals surface area contributed by atoms with Crippen molar-refractivity contribution < 1.29 is 43.5 Å². The van der Waals surface area contributed by atoms with E-state index in [9.17, 15) is 20.1 Å². The van der Waals surface area contributed by atoms with Gasteiger partial charge >= 0.3 is 6.09 Å². The molecule has 0 saturated carbocycles. The summed E-state index contributed by atoms with van der Waals surface area (Å²) in [4.78, 5) is 23.9. The van der Waals surface area contributed by atoms with Crippen molar-refractivity contribution in [3.63, 3.8) is 0 Å². The second-order valence-corrected chi connectivity index (χ2v) is 26.7. The summed E-state index contributed by atoms with van der Waals surface area (Å²) < 4.78 is 40.7. The first-order valence-electron chi connectivity index (χ1n) is 29.3. The van der Waals surface area contributed by atoms with E-state index in [2.05, 4.69) is 95.4 Å². The molecule has 7 aliphatic heterocycles. The minimum Gasteiger partial charge on any atom is -0.453 e. The van der Waals surface area contributed by atoms with E-state index < -0.39 is 31.0 Å². The molecule has 430 valence electrons. The number of nitrogens with one attached hydrogen (secondary N) is 6. The van der Waals surface area contributed by atoms with Crippen molar-refractivity contribution in [2.75, 3.05) is 47.0 Å². The largest absolute Gasteiger partial charge is 0.453 e. The van der Waals surface area contributed by atoms with Crippen LogP contribution < -0.4 is 31.9 Å². The van der Waals surface area contributed by atoms with Crippen LogP contribution in [-0.4, -0.2) is 175 Å². The van der Waals surface area contributed by atoms with Crippen molar-refractivity contribution in [3.8, 4) is 0 Å².